The third-order valence-electron chi connectivity index (χ3n) is 3.50. The van der Waals surface area contributed by atoms with E-state index in [9.17, 15) is 4.79 Å². The fourth-order valence-corrected chi connectivity index (χ4v) is 2.34. The molecule has 1 fully saturated rings. The van der Waals surface area contributed by atoms with Gasteiger partial charge in [-0.3, -0.25) is 4.79 Å². The number of ketones is 1. The van der Waals surface area contributed by atoms with Gasteiger partial charge >= 0.3 is 0 Å². The molecule has 1 unspecified atom stereocenters. The van der Waals surface area contributed by atoms with Crippen molar-refractivity contribution in [3.8, 4) is 0 Å². The first-order valence-corrected chi connectivity index (χ1v) is 6.96. The summed E-state index contributed by atoms with van der Waals surface area (Å²) < 4.78 is 11.1. The molecule has 1 heterocycles. The lowest BCUT2D eigenvalue weighted by Crippen LogP contribution is -2.25. The van der Waals surface area contributed by atoms with E-state index < -0.39 is 0 Å². The molecule has 0 saturated carbocycles. The van der Waals surface area contributed by atoms with Gasteiger partial charge in [0.1, 0.15) is 6.61 Å². The van der Waals surface area contributed by atoms with Gasteiger partial charge in [0, 0.05) is 12.2 Å². The SMILES string of the molecule is Cc1ccc(C)c(C(=O)COCC2CCCCO2)c1. The number of rotatable bonds is 5. The Morgan fingerprint density at radius 2 is 2.21 bits per heavy atom. The smallest absolute Gasteiger partial charge is 0.188 e. The van der Waals surface area contributed by atoms with E-state index in [0.717, 1.165) is 36.1 Å². The molecule has 3 heteroatoms. The number of Topliss-reactive ketones (excluding diaryl/α,β-unsaturated/α-hetero) is 1. The summed E-state index contributed by atoms with van der Waals surface area (Å²) >= 11 is 0. The highest BCUT2D eigenvalue weighted by Gasteiger charge is 2.15. The minimum atomic E-state index is 0.0528. The van der Waals surface area contributed by atoms with Crippen molar-refractivity contribution in [2.45, 2.75) is 39.2 Å². The first-order chi connectivity index (χ1) is 9.16. The molecule has 0 bridgehead atoms. The third kappa shape index (κ3) is 4.15. The lowest BCUT2D eigenvalue weighted by atomic mass is 10.0. The molecule has 0 aliphatic carbocycles. The van der Waals surface area contributed by atoms with E-state index in [1.54, 1.807) is 0 Å². The van der Waals surface area contributed by atoms with E-state index in [1.807, 2.05) is 32.0 Å². The highest BCUT2D eigenvalue weighted by molar-refractivity contribution is 5.98. The summed E-state index contributed by atoms with van der Waals surface area (Å²) in [6.45, 7) is 5.43. The predicted octanol–water partition coefficient (Wildman–Crippen LogP) is 3.07. The van der Waals surface area contributed by atoms with Crippen molar-refractivity contribution < 1.29 is 14.3 Å². The minimum absolute atomic E-state index is 0.0528. The molecule has 2 rings (SSSR count). The average Bonchev–Trinajstić information content (AvgIpc) is 2.42. The average molecular weight is 262 g/mol. The maximum absolute atomic E-state index is 12.1. The van der Waals surface area contributed by atoms with Gasteiger partial charge in [-0.05, 0) is 44.7 Å². The summed E-state index contributed by atoms with van der Waals surface area (Å²) in [5.41, 5.74) is 2.88. The van der Waals surface area contributed by atoms with Gasteiger partial charge in [0.25, 0.3) is 0 Å². The van der Waals surface area contributed by atoms with Crippen LogP contribution in [0.1, 0.15) is 40.7 Å². The predicted molar refractivity (Wildman–Crippen MR) is 74.7 cm³/mol. The summed E-state index contributed by atoms with van der Waals surface area (Å²) in [7, 11) is 0. The highest BCUT2D eigenvalue weighted by atomic mass is 16.5. The number of ether oxygens (including phenoxy) is 2. The quantitative estimate of drug-likeness (QED) is 0.765. The Kier molecular flexibility index (Phi) is 5.11. The van der Waals surface area contributed by atoms with Crippen LogP contribution in [-0.4, -0.2) is 31.7 Å². The Labute approximate surface area is 114 Å². The van der Waals surface area contributed by atoms with Gasteiger partial charge in [-0.15, -0.1) is 0 Å². The number of hydrogen-bond donors (Lipinski definition) is 0. The van der Waals surface area contributed by atoms with Crippen LogP contribution in [0.4, 0.5) is 0 Å². The fourth-order valence-electron chi connectivity index (χ4n) is 2.34. The molecular weight excluding hydrogens is 240 g/mol. The minimum Gasteiger partial charge on any atom is -0.376 e. The van der Waals surface area contributed by atoms with Crippen LogP contribution < -0.4 is 0 Å². The maximum atomic E-state index is 12.1. The second kappa shape index (κ2) is 6.83. The molecule has 0 aromatic heterocycles. The second-order valence-corrected chi connectivity index (χ2v) is 5.25. The van der Waals surface area contributed by atoms with E-state index in [4.69, 9.17) is 9.47 Å². The van der Waals surface area contributed by atoms with Crippen molar-refractivity contribution in [3.05, 3.63) is 34.9 Å². The number of carbonyl (C=O) groups is 1. The van der Waals surface area contributed by atoms with E-state index in [0.29, 0.717) is 6.61 Å². The van der Waals surface area contributed by atoms with Crippen LogP contribution >= 0.6 is 0 Å². The lowest BCUT2D eigenvalue weighted by Gasteiger charge is -2.22. The summed E-state index contributed by atoms with van der Waals surface area (Å²) in [5.74, 6) is 0.0528. The molecule has 104 valence electrons. The summed E-state index contributed by atoms with van der Waals surface area (Å²) in [6.07, 6.45) is 3.54. The molecule has 1 atom stereocenters. The monoisotopic (exact) mass is 262 g/mol. The molecule has 19 heavy (non-hydrogen) atoms. The molecule has 1 aliphatic rings. The normalized spacial score (nSPS) is 19.4. The van der Waals surface area contributed by atoms with Crippen LogP contribution in [0.25, 0.3) is 0 Å². The van der Waals surface area contributed by atoms with Crippen LogP contribution in [0.2, 0.25) is 0 Å². The van der Waals surface area contributed by atoms with Crippen molar-refractivity contribution in [2.75, 3.05) is 19.8 Å². The van der Waals surface area contributed by atoms with E-state index >= 15 is 0 Å². The van der Waals surface area contributed by atoms with Crippen LogP contribution in [-0.2, 0) is 9.47 Å². The van der Waals surface area contributed by atoms with Crippen molar-refractivity contribution in [3.63, 3.8) is 0 Å². The van der Waals surface area contributed by atoms with Gasteiger partial charge in [-0.2, -0.15) is 0 Å². The molecule has 1 aromatic rings. The van der Waals surface area contributed by atoms with Crippen molar-refractivity contribution >= 4 is 5.78 Å². The molecule has 0 N–H and O–H groups in total. The van der Waals surface area contributed by atoms with Gasteiger partial charge in [-0.1, -0.05) is 17.7 Å². The highest BCUT2D eigenvalue weighted by Crippen LogP contribution is 2.14. The third-order valence-corrected chi connectivity index (χ3v) is 3.50. The Morgan fingerprint density at radius 3 is 2.95 bits per heavy atom. The molecule has 0 radical (unpaired) electrons. The topological polar surface area (TPSA) is 35.5 Å². The van der Waals surface area contributed by atoms with Gasteiger partial charge in [0.2, 0.25) is 0 Å². The van der Waals surface area contributed by atoms with Crippen LogP contribution in [0.15, 0.2) is 18.2 Å². The molecule has 3 nitrogen and oxygen atoms in total. The number of carbonyl (C=O) groups excluding carboxylic acids is 1. The standard InChI is InChI=1S/C16H22O3/c1-12-6-7-13(2)15(9-12)16(17)11-18-10-14-5-3-4-8-19-14/h6-7,9,14H,3-5,8,10-11H2,1-2H3. The van der Waals surface area contributed by atoms with Crippen molar-refractivity contribution in [1.82, 2.24) is 0 Å². The molecule has 1 saturated heterocycles. The number of hydrogen-bond acceptors (Lipinski definition) is 3. The van der Waals surface area contributed by atoms with Gasteiger partial charge in [0.05, 0.1) is 12.7 Å². The van der Waals surface area contributed by atoms with Gasteiger partial charge in [0.15, 0.2) is 5.78 Å². The van der Waals surface area contributed by atoms with Crippen LogP contribution in [0.5, 0.6) is 0 Å². The van der Waals surface area contributed by atoms with E-state index in [2.05, 4.69) is 0 Å². The summed E-state index contributed by atoms with van der Waals surface area (Å²) in [5, 5.41) is 0. The molecule has 1 aromatic carbocycles. The zero-order valence-electron chi connectivity index (χ0n) is 11.8. The molecule has 0 amide bonds. The zero-order chi connectivity index (χ0) is 13.7. The van der Waals surface area contributed by atoms with E-state index in [1.165, 1.54) is 6.42 Å². The largest absolute Gasteiger partial charge is 0.376 e. The Balaban J connectivity index is 1.82. The van der Waals surface area contributed by atoms with E-state index in [-0.39, 0.29) is 18.5 Å². The number of benzene rings is 1. The first-order valence-electron chi connectivity index (χ1n) is 6.96. The second-order valence-electron chi connectivity index (χ2n) is 5.25. The molecule has 1 aliphatic heterocycles. The zero-order valence-corrected chi connectivity index (χ0v) is 11.8. The van der Waals surface area contributed by atoms with Gasteiger partial charge < -0.3 is 9.47 Å². The Bertz CT molecular complexity index is 434. The lowest BCUT2D eigenvalue weighted by molar-refractivity contribution is -0.0370. The number of aryl methyl sites for hydroxylation is 2. The van der Waals surface area contributed by atoms with Crippen molar-refractivity contribution in [2.24, 2.45) is 0 Å². The molecular formula is C16H22O3. The summed E-state index contributed by atoms with van der Waals surface area (Å²) in [6, 6.07) is 5.92. The first kappa shape index (κ1) is 14.2. The fraction of sp³-hybridized carbons (Fsp3) is 0.562. The molecule has 0 spiro atoms. The van der Waals surface area contributed by atoms with Crippen molar-refractivity contribution in [1.29, 1.82) is 0 Å². The summed E-state index contributed by atoms with van der Waals surface area (Å²) in [4.78, 5) is 12.1. The Hall–Kier alpha value is -1.19. The maximum Gasteiger partial charge on any atom is 0.188 e. The van der Waals surface area contributed by atoms with Crippen LogP contribution in [0, 0.1) is 13.8 Å². The van der Waals surface area contributed by atoms with Crippen LogP contribution in [0.3, 0.4) is 0 Å². The Morgan fingerprint density at radius 1 is 1.37 bits per heavy atom. The van der Waals surface area contributed by atoms with Gasteiger partial charge in [-0.25, -0.2) is 0 Å².